The Labute approximate surface area is 127 Å². The molecule has 116 valence electrons. The first kappa shape index (κ1) is 14.8. The Kier molecular flexibility index (Phi) is 3.93. The van der Waals surface area contributed by atoms with Crippen molar-refractivity contribution in [1.82, 2.24) is 10.3 Å². The number of nitrogens with zero attached hydrogens (tertiary/aromatic N) is 2. The molecule has 2 unspecified atom stereocenters. The van der Waals surface area contributed by atoms with Gasteiger partial charge in [-0.3, -0.25) is 0 Å². The van der Waals surface area contributed by atoms with Gasteiger partial charge in [0.15, 0.2) is 0 Å². The highest BCUT2D eigenvalue weighted by molar-refractivity contribution is 5.43. The molecule has 1 N–H and O–H groups in total. The number of hydrogen-bond acceptors (Lipinski definition) is 4. The number of aromatic nitrogens is 1. The molecule has 2 fully saturated rings. The summed E-state index contributed by atoms with van der Waals surface area (Å²) in [7, 11) is 0. The first-order valence-electron chi connectivity index (χ1n) is 8.03. The van der Waals surface area contributed by atoms with Gasteiger partial charge in [-0.15, -0.1) is 0 Å². The van der Waals surface area contributed by atoms with E-state index in [-0.39, 0.29) is 5.54 Å². The minimum Gasteiger partial charge on any atom is -0.371 e. The average Bonchev–Trinajstić information content (AvgIpc) is 2.75. The number of aryl methyl sites for hydroxylation is 1. The van der Waals surface area contributed by atoms with Gasteiger partial charge in [-0.05, 0) is 52.2 Å². The summed E-state index contributed by atoms with van der Waals surface area (Å²) in [6, 6.07) is 4.38. The quantitative estimate of drug-likeness (QED) is 0.928. The molecule has 1 aromatic rings. The molecule has 2 atom stereocenters. The van der Waals surface area contributed by atoms with E-state index in [1.165, 1.54) is 18.4 Å². The molecule has 3 rings (SSSR count). The Morgan fingerprint density at radius 3 is 2.48 bits per heavy atom. The maximum Gasteiger partial charge on any atom is 0.128 e. The highest BCUT2D eigenvalue weighted by Gasteiger charge is 2.34. The Morgan fingerprint density at radius 2 is 1.90 bits per heavy atom. The smallest absolute Gasteiger partial charge is 0.128 e. The lowest BCUT2D eigenvalue weighted by Crippen LogP contribution is -2.43. The molecule has 2 aliphatic rings. The molecular weight excluding hydrogens is 262 g/mol. The molecule has 2 saturated heterocycles. The van der Waals surface area contributed by atoms with Crippen LogP contribution in [0.3, 0.4) is 0 Å². The molecule has 0 amide bonds. The minimum atomic E-state index is 0.133. The molecule has 21 heavy (non-hydrogen) atoms. The van der Waals surface area contributed by atoms with Crippen molar-refractivity contribution in [1.29, 1.82) is 0 Å². The first-order valence-corrected chi connectivity index (χ1v) is 8.03. The van der Waals surface area contributed by atoms with E-state index in [2.05, 4.69) is 50.0 Å². The van der Waals surface area contributed by atoms with Crippen LogP contribution < -0.4 is 10.2 Å². The Hall–Kier alpha value is -1.13. The van der Waals surface area contributed by atoms with Gasteiger partial charge in [0.05, 0.1) is 12.2 Å². The maximum absolute atomic E-state index is 5.90. The minimum absolute atomic E-state index is 0.133. The Bertz CT molecular complexity index is 497. The van der Waals surface area contributed by atoms with Crippen molar-refractivity contribution in [2.45, 2.75) is 64.8 Å². The summed E-state index contributed by atoms with van der Waals surface area (Å²) in [6.45, 7) is 11.5. The van der Waals surface area contributed by atoms with Crippen molar-refractivity contribution in [3.63, 3.8) is 0 Å². The van der Waals surface area contributed by atoms with Crippen LogP contribution in [0.2, 0.25) is 0 Å². The van der Waals surface area contributed by atoms with Crippen LogP contribution in [0.25, 0.3) is 0 Å². The largest absolute Gasteiger partial charge is 0.371 e. The molecule has 0 spiro atoms. The van der Waals surface area contributed by atoms with Crippen LogP contribution in [-0.4, -0.2) is 35.8 Å². The zero-order chi connectivity index (χ0) is 15.0. The van der Waals surface area contributed by atoms with Crippen molar-refractivity contribution in [3.8, 4) is 0 Å². The van der Waals surface area contributed by atoms with Crippen molar-refractivity contribution in [2.75, 3.05) is 18.0 Å². The molecule has 2 bridgehead atoms. The standard InChI is InChI=1S/C17H27N3O/c1-12-13(9-18-17(2,3)4)5-8-16(19-12)20-10-14-6-7-15(11-20)21-14/h5,8,14-15,18H,6-7,9-11H2,1-4H3. The van der Waals surface area contributed by atoms with Crippen molar-refractivity contribution < 1.29 is 4.74 Å². The first-order chi connectivity index (χ1) is 9.90. The number of rotatable bonds is 3. The lowest BCUT2D eigenvalue weighted by Gasteiger charge is -2.33. The van der Waals surface area contributed by atoms with Gasteiger partial charge in [-0.1, -0.05) is 6.07 Å². The van der Waals surface area contributed by atoms with Crippen LogP contribution >= 0.6 is 0 Å². The van der Waals surface area contributed by atoms with E-state index in [0.717, 1.165) is 31.1 Å². The summed E-state index contributed by atoms with van der Waals surface area (Å²) in [5.74, 6) is 1.10. The van der Waals surface area contributed by atoms with Crippen molar-refractivity contribution in [3.05, 3.63) is 23.4 Å². The molecular formula is C17H27N3O. The fourth-order valence-electron chi connectivity index (χ4n) is 3.10. The number of pyridine rings is 1. The summed E-state index contributed by atoms with van der Waals surface area (Å²) < 4.78 is 5.90. The van der Waals surface area contributed by atoms with E-state index in [4.69, 9.17) is 9.72 Å². The van der Waals surface area contributed by atoms with Gasteiger partial charge < -0.3 is 15.0 Å². The molecule has 4 heteroatoms. The summed E-state index contributed by atoms with van der Waals surface area (Å²) in [4.78, 5) is 7.21. The molecule has 2 aliphatic heterocycles. The fourth-order valence-corrected chi connectivity index (χ4v) is 3.10. The van der Waals surface area contributed by atoms with E-state index in [9.17, 15) is 0 Å². The molecule has 0 saturated carbocycles. The Morgan fingerprint density at radius 1 is 1.24 bits per heavy atom. The van der Waals surface area contributed by atoms with Gasteiger partial charge in [-0.2, -0.15) is 0 Å². The molecule has 0 aliphatic carbocycles. The number of morpholine rings is 1. The molecule has 4 nitrogen and oxygen atoms in total. The van der Waals surface area contributed by atoms with Crippen LogP contribution in [0.5, 0.6) is 0 Å². The number of ether oxygens (including phenoxy) is 1. The monoisotopic (exact) mass is 289 g/mol. The number of hydrogen-bond donors (Lipinski definition) is 1. The van der Waals surface area contributed by atoms with E-state index >= 15 is 0 Å². The summed E-state index contributed by atoms with van der Waals surface area (Å²) in [5.41, 5.74) is 2.54. The van der Waals surface area contributed by atoms with Gasteiger partial charge >= 0.3 is 0 Å². The van der Waals surface area contributed by atoms with Gasteiger partial charge in [0, 0.05) is 30.9 Å². The van der Waals surface area contributed by atoms with E-state index in [0.29, 0.717) is 12.2 Å². The second kappa shape index (κ2) is 5.58. The van der Waals surface area contributed by atoms with Crippen LogP contribution in [0, 0.1) is 6.92 Å². The zero-order valence-corrected chi connectivity index (χ0v) is 13.6. The summed E-state index contributed by atoms with van der Waals surface area (Å²) >= 11 is 0. The number of fused-ring (bicyclic) bond motifs is 2. The second-order valence-electron chi connectivity index (χ2n) is 7.38. The third-order valence-corrected chi connectivity index (χ3v) is 4.36. The highest BCUT2D eigenvalue weighted by Crippen LogP contribution is 2.29. The van der Waals surface area contributed by atoms with Crippen LogP contribution in [0.15, 0.2) is 12.1 Å². The lowest BCUT2D eigenvalue weighted by atomic mass is 10.1. The number of nitrogens with one attached hydrogen (secondary N) is 1. The Balaban J connectivity index is 1.69. The van der Waals surface area contributed by atoms with Gasteiger partial charge in [0.1, 0.15) is 5.82 Å². The maximum atomic E-state index is 5.90. The normalized spacial score (nSPS) is 25.4. The van der Waals surface area contributed by atoms with Crippen molar-refractivity contribution in [2.24, 2.45) is 0 Å². The van der Waals surface area contributed by atoms with Crippen LogP contribution in [0.1, 0.15) is 44.9 Å². The topological polar surface area (TPSA) is 37.4 Å². The SMILES string of the molecule is Cc1nc(N2CC3CCC(C2)O3)ccc1CNC(C)(C)C. The summed E-state index contributed by atoms with van der Waals surface area (Å²) in [5, 5.41) is 3.53. The zero-order valence-electron chi connectivity index (χ0n) is 13.6. The molecule has 3 heterocycles. The van der Waals surface area contributed by atoms with Crippen LogP contribution in [-0.2, 0) is 11.3 Å². The third-order valence-electron chi connectivity index (χ3n) is 4.36. The molecule has 0 radical (unpaired) electrons. The van der Waals surface area contributed by atoms with Crippen LogP contribution in [0.4, 0.5) is 5.82 Å². The summed E-state index contributed by atoms with van der Waals surface area (Å²) in [6.07, 6.45) is 3.22. The van der Waals surface area contributed by atoms with Crippen molar-refractivity contribution >= 4 is 5.82 Å². The highest BCUT2D eigenvalue weighted by atomic mass is 16.5. The second-order valence-corrected chi connectivity index (χ2v) is 7.38. The lowest BCUT2D eigenvalue weighted by molar-refractivity contribution is 0.0302. The number of anilines is 1. The van der Waals surface area contributed by atoms with E-state index < -0.39 is 0 Å². The van der Waals surface area contributed by atoms with E-state index in [1.54, 1.807) is 0 Å². The average molecular weight is 289 g/mol. The van der Waals surface area contributed by atoms with E-state index in [1.807, 2.05) is 0 Å². The predicted octanol–water partition coefficient (Wildman–Crippen LogP) is 2.65. The van der Waals surface area contributed by atoms with Gasteiger partial charge in [0.25, 0.3) is 0 Å². The molecule has 1 aromatic heterocycles. The van der Waals surface area contributed by atoms with Gasteiger partial charge in [0.2, 0.25) is 0 Å². The van der Waals surface area contributed by atoms with Gasteiger partial charge in [-0.25, -0.2) is 4.98 Å². The molecule has 0 aromatic carbocycles. The third kappa shape index (κ3) is 3.55. The fraction of sp³-hybridized carbons (Fsp3) is 0.706. The predicted molar refractivity (Wildman–Crippen MR) is 85.7 cm³/mol.